The number of hydrogen-bond acceptors (Lipinski definition) is 0. The van der Waals surface area contributed by atoms with Gasteiger partial charge in [0.1, 0.15) is 0 Å². The zero-order chi connectivity index (χ0) is 22.3. The molecule has 5 unspecified atom stereocenters. The fourth-order valence-electron chi connectivity index (χ4n) is 9.84. The molecule has 0 saturated heterocycles. The van der Waals surface area contributed by atoms with Crippen molar-refractivity contribution in [2.45, 2.75) is 125 Å². The van der Waals surface area contributed by atoms with Gasteiger partial charge in [-0.3, -0.25) is 0 Å². The lowest BCUT2D eigenvalue weighted by Crippen LogP contribution is -2.51. The monoisotopic (exact) mass is 424 g/mol. The molecule has 176 valence electrons. The second kappa shape index (κ2) is 9.02. The third-order valence-electron chi connectivity index (χ3n) is 11.9. The molecule has 4 fully saturated rings. The Hall–Kier alpha value is -0.520. The number of allylic oxidation sites excluding steroid dienone is 3. The average molecular weight is 425 g/mol. The Labute approximate surface area is 194 Å². The first-order valence-corrected chi connectivity index (χ1v) is 14.1. The smallest absolute Gasteiger partial charge is 0.00896 e. The van der Waals surface area contributed by atoms with Gasteiger partial charge in [0.25, 0.3) is 0 Å². The summed E-state index contributed by atoms with van der Waals surface area (Å²) in [5.41, 5.74) is 3.35. The highest BCUT2D eigenvalue weighted by molar-refractivity contribution is 5.18. The molecule has 0 N–H and O–H groups in total. The predicted molar refractivity (Wildman–Crippen MR) is 136 cm³/mol. The zero-order valence-corrected chi connectivity index (χ0v) is 21.6. The Balaban J connectivity index is 1.60. The van der Waals surface area contributed by atoms with Crippen molar-refractivity contribution in [3.05, 3.63) is 24.3 Å². The molecule has 4 aliphatic rings. The molecule has 0 aromatic heterocycles. The largest absolute Gasteiger partial charge is 0.103 e. The topological polar surface area (TPSA) is 0 Å². The van der Waals surface area contributed by atoms with Crippen molar-refractivity contribution in [1.82, 2.24) is 0 Å². The zero-order valence-electron chi connectivity index (χ0n) is 21.6. The van der Waals surface area contributed by atoms with Crippen LogP contribution in [0.5, 0.6) is 0 Å². The minimum Gasteiger partial charge on any atom is -0.103 e. The lowest BCUT2D eigenvalue weighted by atomic mass is 9.46. The quantitative estimate of drug-likeness (QED) is 0.372. The van der Waals surface area contributed by atoms with Gasteiger partial charge in [-0.1, -0.05) is 51.3 Å². The van der Waals surface area contributed by atoms with Gasteiger partial charge in [-0.25, -0.2) is 0 Å². The van der Waals surface area contributed by atoms with Crippen molar-refractivity contribution in [3.63, 3.8) is 0 Å². The average Bonchev–Trinajstić information content (AvgIpc) is 3.12. The Kier molecular flexibility index (Phi) is 6.88. The van der Waals surface area contributed by atoms with Crippen molar-refractivity contribution in [2.75, 3.05) is 0 Å². The summed E-state index contributed by atoms with van der Waals surface area (Å²) in [4.78, 5) is 0. The summed E-state index contributed by atoms with van der Waals surface area (Å²) in [6.07, 6.45) is 25.3. The van der Waals surface area contributed by atoms with Gasteiger partial charge in [0.05, 0.1) is 0 Å². The Morgan fingerprint density at radius 1 is 0.903 bits per heavy atom. The Morgan fingerprint density at radius 3 is 2.32 bits per heavy atom. The van der Waals surface area contributed by atoms with Crippen LogP contribution >= 0.6 is 0 Å². The van der Waals surface area contributed by atoms with E-state index in [0.29, 0.717) is 16.2 Å². The van der Waals surface area contributed by atoms with Gasteiger partial charge >= 0.3 is 0 Å². The van der Waals surface area contributed by atoms with E-state index in [2.05, 4.69) is 53.3 Å². The first-order chi connectivity index (χ1) is 14.9. The molecular weight excluding hydrogens is 372 g/mol. The fraction of sp³-hybridized carbons (Fsp3) is 0.871. The van der Waals surface area contributed by atoms with E-state index in [1.807, 2.05) is 0 Å². The number of fused-ring (bicyclic) bond motifs is 5. The molecule has 0 nitrogen and oxygen atoms in total. The third kappa shape index (κ3) is 3.81. The van der Waals surface area contributed by atoms with Gasteiger partial charge in [0.2, 0.25) is 0 Å². The van der Waals surface area contributed by atoms with E-state index in [1.54, 1.807) is 5.57 Å². The maximum Gasteiger partial charge on any atom is -0.00896 e. The molecule has 0 aromatic carbocycles. The molecular formula is C31H52. The fourth-order valence-corrected chi connectivity index (χ4v) is 9.84. The summed E-state index contributed by atoms with van der Waals surface area (Å²) in [6.45, 7) is 16.7. The molecule has 0 heterocycles. The van der Waals surface area contributed by atoms with Gasteiger partial charge in [-0.05, 0) is 137 Å². The van der Waals surface area contributed by atoms with Crippen molar-refractivity contribution < 1.29 is 0 Å². The van der Waals surface area contributed by atoms with E-state index in [0.717, 1.165) is 29.6 Å². The van der Waals surface area contributed by atoms with Gasteiger partial charge in [-0.15, -0.1) is 6.58 Å². The lowest BCUT2D eigenvalue weighted by Gasteiger charge is -2.58. The summed E-state index contributed by atoms with van der Waals surface area (Å²) < 4.78 is 0. The van der Waals surface area contributed by atoms with Gasteiger partial charge in [-0.2, -0.15) is 0 Å². The molecule has 0 spiro atoms. The van der Waals surface area contributed by atoms with E-state index < -0.39 is 0 Å². The molecule has 0 aromatic rings. The first-order valence-electron chi connectivity index (χ1n) is 14.1. The minimum atomic E-state index is 0.453. The van der Waals surface area contributed by atoms with Crippen LogP contribution in [-0.2, 0) is 0 Å². The highest BCUT2D eigenvalue weighted by atomic mass is 14.6. The molecule has 0 radical (unpaired) electrons. The van der Waals surface area contributed by atoms with Crippen molar-refractivity contribution >= 4 is 0 Å². The van der Waals surface area contributed by atoms with E-state index in [-0.39, 0.29) is 0 Å². The van der Waals surface area contributed by atoms with Gasteiger partial charge in [0.15, 0.2) is 0 Å². The molecule has 4 aliphatic carbocycles. The second-order valence-corrected chi connectivity index (χ2v) is 12.8. The predicted octanol–water partition coefficient (Wildman–Crippen LogP) is 9.75. The first kappa shape index (κ1) is 23.6. The van der Waals surface area contributed by atoms with Crippen molar-refractivity contribution in [3.8, 4) is 0 Å². The molecule has 8 atom stereocenters. The van der Waals surface area contributed by atoms with Crippen LogP contribution in [0.1, 0.15) is 125 Å². The number of hydrogen-bond donors (Lipinski definition) is 0. The van der Waals surface area contributed by atoms with Crippen LogP contribution < -0.4 is 0 Å². The number of rotatable bonds is 6. The minimum absolute atomic E-state index is 0.453. The summed E-state index contributed by atoms with van der Waals surface area (Å²) in [6, 6.07) is 0. The van der Waals surface area contributed by atoms with Crippen molar-refractivity contribution in [2.24, 2.45) is 45.8 Å². The standard InChI is InChI=1S/C31H52/c1-7-11-17-29(6)18-16-27-24-15-20-31(10-4)26(23(5)8-2)12-13-28(31)25(24)14-19-30(27,9-3)22-21-29/h8-9,24-28H,3,7,10-22H2,1-2,4-6H3/b23-8+/t24-,25?,26?,27?,28-,29?,30?,31+/m0/s1. The Morgan fingerprint density at radius 2 is 1.65 bits per heavy atom. The summed E-state index contributed by atoms with van der Waals surface area (Å²) in [7, 11) is 0. The molecule has 31 heavy (non-hydrogen) atoms. The van der Waals surface area contributed by atoms with Crippen LogP contribution in [0.4, 0.5) is 0 Å². The summed E-state index contributed by atoms with van der Waals surface area (Å²) >= 11 is 0. The van der Waals surface area contributed by atoms with Crippen LogP contribution in [0.25, 0.3) is 0 Å². The molecule has 0 aliphatic heterocycles. The molecule has 0 bridgehead atoms. The van der Waals surface area contributed by atoms with E-state index in [9.17, 15) is 0 Å². The van der Waals surface area contributed by atoms with E-state index in [4.69, 9.17) is 0 Å². The highest BCUT2D eigenvalue weighted by Crippen LogP contribution is 2.69. The number of unbranched alkanes of at least 4 members (excludes halogenated alkanes) is 1. The van der Waals surface area contributed by atoms with E-state index in [1.165, 1.54) is 89.9 Å². The maximum atomic E-state index is 4.48. The molecule has 0 amide bonds. The normalized spacial score (nSPS) is 47.8. The second-order valence-electron chi connectivity index (χ2n) is 12.8. The lowest BCUT2D eigenvalue weighted by molar-refractivity contribution is -0.0780. The van der Waals surface area contributed by atoms with Crippen LogP contribution in [-0.4, -0.2) is 0 Å². The van der Waals surface area contributed by atoms with E-state index >= 15 is 0 Å². The SMILES string of the molecule is C=CC12CCC3[C@H](CC[C@]4(CC)C(/C(C)=C/C)CC[C@@H]34)C1CCC(C)(CCCC)CC2. The molecule has 0 heteroatoms. The van der Waals surface area contributed by atoms with Crippen molar-refractivity contribution in [1.29, 1.82) is 0 Å². The third-order valence-corrected chi connectivity index (χ3v) is 11.9. The molecule has 4 saturated carbocycles. The molecule has 4 rings (SSSR count). The van der Waals surface area contributed by atoms with Gasteiger partial charge in [0, 0.05) is 0 Å². The Bertz CT molecular complexity index is 672. The van der Waals surface area contributed by atoms with Crippen LogP contribution in [0, 0.1) is 45.8 Å². The summed E-state index contributed by atoms with van der Waals surface area (Å²) in [5.74, 6) is 4.76. The van der Waals surface area contributed by atoms with Crippen LogP contribution in [0.15, 0.2) is 24.3 Å². The highest BCUT2D eigenvalue weighted by Gasteiger charge is 2.60. The van der Waals surface area contributed by atoms with Crippen LogP contribution in [0.3, 0.4) is 0 Å². The van der Waals surface area contributed by atoms with Gasteiger partial charge < -0.3 is 0 Å². The summed E-state index contributed by atoms with van der Waals surface area (Å²) in [5, 5.41) is 0. The van der Waals surface area contributed by atoms with Crippen LogP contribution in [0.2, 0.25) is 0 Å². The maximum absolute atomic E-state index is 4.48.